The number of carbonyl (C=O) groups excluding carboxylic acids is 1. The molecule has 0 bridgehead atoms. The summed E-state index contributed by atoms with van der Waals surface area (Å²) in [6.45, 7) is 4.21. The minimum absolute atomic E-state index is 0.121. The van der Waals surface area contributed by atoms with E-state index in [0.717, 1.165) is 5.69 Å². The summed E-state index contributed by atoms with van der Waals surface area (Å²) < 4.78 is 4.98. The van der Waals surface area contributed by atoms with E-state index in [4.69, 9.17) is 10.2 Å². The van der Waals surface area contributed by atoms with Crippen LogP contribution in [0.5, 0.6) is 0 Å². The second-order valence-electron chi connectivity index (χ2n) is 3.39. The lowest BCUT2D eigenvalue weighted by molar-refractivity contribution is -0.117. The number of aromatic nitrogens is 1. The Bertz CT molecular complexity index is 309. The molecule has 1 rings (SSSR count). The molecule has 0 aliphatic carbocycles. The van der Waals surface area contributed by atoms with Gasteiger partial charge < -0.3 is 10.2 Å². The van der Waals surface area contributed by atoms with Crippen molar-refractivity contribution in [3.05, 3.63) is 12.0 Å². The Kier molecular flexibility index (Phi) is 3.64. The lowest BCUT2D eigenvalue weighted by Crippen LogP contribution is -2.20. The molecule has 1 amide bonds. The van der Waals surface area contributed by atoms with Crippen molar-refractivity contribution in [3.8, 4) is 0 Å². The van der Waals surface area contributed by atoms with E-state index >= 15 is 0 Å². The standard InChI is InChI=1S/C9H15N3O2/c1-6(4-10)3-8(13)12-9-11-7(2)5-14-9/h5-6H,3-4,10H2,1-2H3,(H,11,12,13). The molecule has 0 radical (unpaired) electrons. The number of carbonyl (C=O) groups is 1. The zero-order chi connectivity index (χ0) is 10.6. The average molecular weight is 197 g/mol. The second-order valence-corrected chi connectivity index (χ2v) is 3.39. The Morgan fingerprint density at radius 1 is 1.79 bits per heavy atom. The van der Waals surface area contributed by atoms with Gasteiger partial charge in [0.2, 0.25) is 5.91 Å². The average Bonchev–Trinajstić information content (AvgIpc) is 2.50. The first-order valence-corrected chi connectivity index (χ1v) is 4.54. The minimum atomic E-state index is -0.121. The van der Waals surface area contributed by atoms with E-state index in [-0.39, 0.29) is 17.8 Å². The van der Waals surface area contributed by atoms with Gasteiger partial charge >= 0.3 is 6.01 Å². The molecule has 1 heterocycles. The molecule has 0 saturated heterocycles. The molecule has 0 aliphatic heterocycles. The summed E-state index contributed by atoms with van der Waals surface area (Å²) >= 11 is 0. The van der Waals surface area contributed by atoms with Crippen molar-refractivity contribution in [2.24, 2.45) is 11.7 Å². The number of nitrogens with one attached hydrogen (secondary N) is 1. The molecule has 0 spiro atoms. The van der Waals surface area contributed by atoms with Crippen LogP contribution in [-0.4, -0.2) is 17.4 Å². The lowest BCUT2D eigenvalue weighted by Gasteiger charge is -2.06. The smallest absolute Gasteiger partial charge is 0.301 e. The molecule has 78 valence electrons. The zero-order valence-corrected chi connectivity index (χ0v) is 8.41. The first kappa shape index (κ1) is 10.7. The van der Waals surface area contributed by atoms with Crippen molar-refractivity contribution in [1.82, 2.24) is 4.98 Å². The van der Waals surface area contributed by atoms with Crippen molar-refractivity contribution in [2.45, 2.75) is 20.3 Å². The fourth-order valence-electron chi connectivity index (χ4n) is 0.982. The first-order chi connectivity index (χ1) is 6.61. The summed E-state index contributed by atoms with van der Waals surface area (Å²) in [6.07, 6.45) is 1.87. The minimum Gasteiger partial charge on any atom is -0.432 e. The summed E-state index contributed by atoms with van der Waals surface area (Å²) in [6, 6.07) is 0.247. The summed E-state index contributed by atoms with van der Waals surface area (Å²) in [5, 5.41) is 2.56. The Morgan fingerprint density at radius 2 is 2.50 bits per heavy atom. The van der Waals surface area contributed by atoms with E-state index in [1.54, 1.807) is 6.92 Å². The third kappa shape index (κ3) is 3.18. The third-order valence-electron chi connectivity index (χ3n) is 1.80. The molecule has 3 N–H and O–H groups in total. The fourth-order valence-corrected chi connectivity index (χ4v) is 0.982. The van der Waals surface area contributed by atoms with Gasteiger partial charge in [-0.2, -0.15) is 4.98 Å². The number of hydrogen-bond donors (Lipinski definition) is 2. The van der Waals surface area contributed by atoms with Crippen LogP contribution in [-0.2, 0) is 4.79 Å². The van der Waals surface area contributed by atoms with Gasteiger partial charge in [0.1, 0.15) is 6.26 Å². The van der Waals surface area contributed by atoms with Crippen molar-refractivity contribution < 1.29 is 9.21 Å². The van der Waals surface area contributed by atoms with Gasteiger partial charge in [-0.15, -0.1) is 0 Å². The number of nitrogens with two attached hydrogens (primary N) is 1. The highest BCUT2D eigenvalue weighted by atomic mass is 16.4. The van der Waals surface area contributed by atoms with Crippen LogP contribution in [0.2, 0.25) is 0 Å². The van der Waals surface area contributed by atoms with Gasteiger partial charge in [0.05, 0.1) is 5.69 Å². The summed E-state index contributed by atoms with van der Waals surface area (Å²) in [4.78, 5) is 15.3. The van der Waals surface area contributed by atoms with Crippen LogP contribution < -0.4 is 11.1 Å². The SMILES string of the molecule is Cc1coc(NC(=O)CC(C)CN)n1. The molecule has 0 aliphatic rings. The van der Waals surface area contributed by atoms with Crippen LogP contribution in [0.4, 0.5) is 6.01 Å². The Labute approximate surface area is 82.7 Å². The van der Waals surface area contributed by atoms with Crippen LogP contribution in [0.15, 0.2) is 10.7 Å². The topological polar surface area (TPSA) is 81.2 Å². The van der Waals surface area contributed by atoms with Gasteiger partial charge in [-0.25, -0.2) is 0 Å². The zero-order valence-electron chi connectivity index (χ0n) is 8.41. The maximum atomic E-state index is 11.3. The van der Waals surface area contributed by atoms with E-state index in [1.165, 1.54) is 6.26 Å². The molecular weight excluding hydrogens is 182 g/mol. The molecule has 14 heavy (non-hydrogen) atoms. The van der Waals surface area contributed by atoms with Crippen LogP contribution in [0.3, 0.4) is 0 Å². The van der Waals surface area contributed by atoms with E-state index in [0.29, 0.717) is 13.0 Å². The Morgan fingerprint density at radius 3 is 3.00 bits per heavy atom. The monoisotopic (exact) mass is 197 g/mol. The molecular formula is C9H15N3O2. The maximum Gasteiger partial charge on any atom is 0.301 e. The highest BCUT2D eigenvalue weighted by Crippen LogP contribution is 2.08. The second kappa shape index (κ2) is 4.76. The van der Waals surface area contributed by atoms with Crippen molar-refractivity contribution >= 4 is 11.9 Å². The highest BCUT2D eigenvalue weighted by molar-refractivity contribution is 5.88. The molecule has 0 saturated carbocycles. The van der Waals surface area contributed by atoms with Gasteiger partial charge in [-0.1, -0.05) is 6.92 Å². The molecule has 1 unspecified atom stereocenters. The maximum absolute atomic E-state index is 11.3. The van der Waals surface area contributed by atoms with Gasteiger partial charge in [0.15, 0.2) is 0 Å². The molecule has 5 heteroatoms. The van der Waals surface area contributed by atoms with E-state index in [9.17, 15) is 4.79 Å². The van der Waals surface area contributed by atoms with Gasteiger partial charge in [0.25, 0.3) is 0 Å². The molecule has 0 aromatic carbocycles. The third-order valence-corrected chi connectivity index (χ3v) is 1.80. The van der Waals surface area contributed by atoms with E-state index < -0.39 is 0 Å². The van der Waals surface area contributed by atoms with Gasteiger partial charge in [-0.3, -0.25) is 10.1 Å². The predicted octanol–water partition coefficient (Wildman–Crippen LogP) is 0.906. The summed E-state index contributed by atoms with van der Waals surface area (Å²) in [7, 11) is 0. The number of hydrogen-bond acceptors (Lipinski definition) is 4. The molecule has 1 atom stereocenters. The van der Waals surface area contributed by atoms with Gasteiger partial charge in [0, 0.05) is 6.42 Å². The first-order valence-electron chi connectivity index (χ1n) is 4.54. The molecule has 1 aromatic rings. The Balaban J connectivity index is 2.41. The van der Waals surface area contributed by atoms with Crippen LogP contribution in [0, 0.1) is 12.8 Å². The normalized spacial score (nSPS) is 12.5. The van der Waals surface area contributed by atoms with Crippen LogP contribution >= 0.6 is 0 Å². The highest BCUT2D eigenvalue weighted by Gasteiger charge is 2.10. The number of rotatable bonds is 4. The van der Waals surface area contributed by atoms with Crippen LogP contribution in [0.1, 0.15) is 19.0 Å². The number of aryl methyl sites for hydroxylation is 1. The summed E-state index contributed by atoms with van der Waals surface area (Å²) in [5.41, 5.74) is 6.14. The lowest BCUT2D eigenvalue weighted by atomic mass is 10.1. The summed E-state index contributed by atoms with van der Waals surface area (Å²) in [5.74, 6) is 0.0517. The van der Waals surface area contributed by atoms with Crippen LogP contribution in [0.25, 0.3) is 0 Å². The number of nitrogens with zero attached hydrogens (tertiary/aromatic N) is 1. The quantitative estimate of drug-likeness (QED) is 0.751. The predicted molar refractivity (Wildman–Crippen MR) is 52.7 cm³/mol. The number of amides is 1. The molecule has 5 nitrogen and oxygen atoms in total. The van der Waals surface area contributed by atoms with E-state index in [2.05, 4.69) is 10.3 Å². The molecule has 0 fully saturated rings. The fraction of sp³-hybridized carbons (Fsp3) is 0.556. The van der Waals surface area contributed by atoms with Crippen molar-refractivity contribution in [1.29, 1.82) is 0 Å². The largest absolute Gasteiger partial charge is 0.432 e. The number of anilines is 1. The number of oxazole rings is 1. The van der Waals surface area contributed by atoms with Gasteiger partial charge in [-0.05, 0) is 19.4 Å². The van der Waals surface area contributed by atoms with Crippen molar-refractivity contribution in [2.75, 3.05) is 11.9 Å². The molecule has 1 aromatic heterocycles. The van der Waals surface area contributed by atoms with E-state index in [1.807, 2.05) is 6.92 Å². The Hall–Kier alpha value is -1.36. The van der Waals surface area contributed by atoms with Crippen molar-refractivity contribution in [3.63, 3.8) is 0 Å².